The topological polar surface area (TPSA) is 32.3 Å². The fourth-order valence-electron chi connectivity index (χ4n) is 1.76. The molecular weight excluding hydrogens is 210 g/mol. The van der Waals surface area contributed by atoms with Gasteiger partial charge in [0.15, 0.2) is 0 Å². The number of aliphatic hydroxyl groups is 1. The van der Waals surface area contributed by atoms with Crippen molar-refractivity contribution in [1.82, 2.24) is 5.32 Å². The third-order valence-corrected chi connectivity index (χ3v) is 2.68. The summed E-state index contributed by atoms with van der Waals surface area (Å²) in [6, 6.07) is 10.6. The number of hydrogen-bond acceptors (Lipinski definition) is 2. The van der Waals surface area contributed by atoms with Crippen molar-refractivity contribution in [3.8, 4) is 0 Å². The van der Waals surface area contributed by atoms with Gasteiger partial charge in [-0.05, 0) is 38.3 Å². The van der Waals surface area contributed by atoms with Crippen LogP contribution < -0.4 is 5.32 Å². The minimum atomic E-state index is -0.353. The van der Waals surface area contributed by atoms with Gasteiger partial charge in [-0.25, -0.2) is 0 Å². The zero-order valence-corrected chi connectivity index (χ0v) is 10.6. The predicted molar refractivity (Wildman–Crippen MR) is 73.1 cm³/mol. The number of nitrogens with one attached hydrogen (secondary N) is 1. The second kappa shape index (κ2) is 8.97. The van der Waals surface area contributed by atoms with Crippen LogP contribution in [-0.4, -0.2) is 24.3 Å². The van der Waals surface area contributed by atoms with Crippen molar-refractivity contribution < 1.29 is 5.11 Å². The van der Waals surface area contributed by atoms with Crippen molar-refractivity contribution in [2.45, 2.75) is 32.3 Å². The smallest absolute Gasteiger partial charge is 0.0845 e. The molecule has 1 rings (SSSR count). The molecule has 1 aromatic rings. The Bertz CT molecular complexity index is 308. The molecule has 0 heterocycles. The van der Waals surface area contributed by atoms with Gasteiger partial charge in [-0.15, -0.1) is 0 Å². The normalized spacial score (nSPS) is 13.1. The highest BCUT2D eigenvalue weighted by Gasteiger charge is 1.97. The van der Waals surface area contributed by atoms with E-state index < -0.39 is 0 Å². The van der Waals surface area contributed by atoms with E-state index >= 15 is 0 Å². The maximum absolute atomic E-state index is 9.43. The molecule has 0 fully saturated rings. The van der Waals surface area contributed by atoms with Crippen LogP contribution in [0.3, 0.4) is 0 Å². The quantitative estimate of drug-likeness (QED) is 0.534. The predicted octanol–water partition coefficient (Wildman–Crippen LogP) is 2.54. The molecule has 0 amide bonds. The van der Waals surface area contributed by atoms with Crippen LogP contribution >= 0.6 is 0 Å². The van der Waals surface area contributed by atoms with E-state index in [4.69, 9.17) is 0 Å². The third-order valence-electron chi connectivity index (χ3n) is 2.68. The maximum Gasteiger partial charge on any atom is 0.0845 e. The van der Waals surface area contributed by atoms with Gasteiger partial charge in [0.25, 0.3) is 0 Å². The molecule has 1 atom stereocenters. The molecule has 94 valence electrons. The molecule has 2 nitrogen and oxygen atoms in total. The summed E-state index contributed by atoms with van der Waals surface area (Å²) in [5.74, 6) is 0. The van der Waals surface area contributed by atoms with Crippen LogP contribution in [0.4, 0.5) is 0 Å². The molecule has 17 heavy (non-hydrogen) atoms. The van der Waals surface area contributed by atoms with Gasteiger partial charge < -0.3 is 10.4 Å². The van der Waals surface area contributed by atoms with Crippen LogP contribution in [0.15, 0.2) is 42.5 Å². The standard InChI is InChI=1S/C15H23NO/c1-2-8-15(17)13-16-12-7-6-11-14-9-4-3-5-10-14/h2-5,8-10,15-17H,6-7,11-13H2,1H3. The highest BCUT2D eigenvalue weighted by Crippen LogP contribution is 2.03. The molecule has 0 bridgehead atoms. The van der Waals surface area contributed by atoms with E-state index in [0.29, 0.717) is 6.54 Å². The highest BCUT2D eigenvalue weighted by molar-refractivity contribution is 5.14. The molecule has 0 aliphatic heterocycles. The molecule has 1 unspecified atom stereocenters. The summed E-state index contributed by atoms with van der Waals surface area (Å²) < 4.78 is 0. The highest BCUT2D eigenvalue weighted by atomic mass is 16.3. The lowest BCUT2D eigenvalue weighted by molar-refractivity contribution is 0.218. The second-order valence-electron chi connectivity index (χ2n) is 4.24. The lowest BCUT2D eigenvalue weighted by atomic mass is 10.1. The molecule has 2 heteroatoms. The van der Waals surface area contributed by atoms with Crippen LogP contribution in [0.5, 0.6) is 0 Å². The van der Waals surface area contributed by atoms with Crippen molar-refractivity contribution in [1.29, 1.82) is 0 Å². The van der Waals surface area contributed by atoms with Crippen LogP contribution in [0, 0.1) is 0 Å². The van der Waals surface area contributed by atoms with E-state index in [0.717, 1.165) is 19.4 Å². The minimum Gasteiger partial charge on any atom is -0.388 e. The Labute approximate surface area is 104 Å². The first-order valence-electron chi connectivity index (χ1n) is 6.38. The van der Waals surface area contributed by atoms with Crippen molar-refractivity contribution in [3.63, 3.8) is 0 Å². The first kappa shape index (κ1) is 13.9. The van der Waals surface area contributed by atoms with Gasteiger partial charge in [0.2, 0.25) is 0 Å². The van der Waals surface area contributed by atoms with Crippen molar-refractivity contribution in [2.24, 2.45) is 0 Å². The molecule has 0 spiro atoms. The van der Waals surface area contributed by atoms with E-state index in [1.807, 2.05) is 19.1 Å². The summed E-state index contributed by atoms with van der Waals surface area (Å²) in [6.45, 7) is 3.54. The molecule has 1 aromatic carbocycles. The summed E-state index contributed by atoms with van der Waals surface area (Å²) in [5.41, 5.74) is 1.40. The molecule has 0 aliphatic rings. The summed E-state index contributed by atoms with van der Waals surface area (Å²) in [7, 11) is 0. The zero-order chi connectivity index (χ0) is 12.3. The molecule has 0 saturated heterocycles. The van der Waals surface area contributed by atoms with Crippen molar-refractivity contribution in [2.75, 3.05) is 13.1 Å². The monoisotopic (exact) mass is 233 g/mol. The van der Waals surface area contributed by atoms with E-state index in [9.17, 15) is 5.11 Å². The number of unbranched alkanes of at least 4 members (excludes halogenated alkanes) is 1. The second-order valence-corrected chi connectivity index (χ2v) is 4.24. The van der Waals surface area contributed by atoms with Gasteiger partial charge in [-0.2, -0.15) is 0 Å². The van der Waals surface area contributed by atoms with E-state index in [2.05, 4.69) is 29.6 Å². The lowest BCUT2D eigenvalue weighted by Gasteiger charge is -2.07. The van der Waals surface area contributed by atoms with Crippen molar-refractivity contribution in [3.05, 3.63) is 48.0 Å². The molecule has 0 aromatic heterocycles. The third kappa shape index (κ3) is 6.93. The number of aliphatic hydroxyl groups excluding tert-OH is 1. The van der Waals surface area contributed by atoms with Crippen molar-refractivity contribution >= 4 is 0 Å². The SMILES string of the molecule is CC=CC(O)CNCCCCc1ccccc1. The molecule has 2 N–H and O–H groups in total. The van der Waals surface area contributed by atoms with E-state index in [-0.39, 0.29) is 6.10 Å². The Kier molecular flexibility index (Phi) is 7.35. The van der Waals surface area contributed by atoms with E-state index in [1.54, 1.807) is 6.08 Å². The summed E-state index contributed by atoms with van der Waals surface area (Å²) in [4.78, 5) is 0. The average Bonchev–Trinajstić information content (AvgIpc) is 2.35. The van der Waals surface area contributed by atoms with Crippen LogP contribution in [-0.2, 0) is 6.42 Å². The fraction of sp³-hybridized carbons (Fsp3) is 0.467. The maximum atomic E-state index is 9.43. The average molecular weight is 233 g/mol. The van der Waals surface area contributed by atoms with Gasteiger partial charge in [-0.3, -0.25) is 0 Å². The van der Waals surface area contributed by atoms with Gasteiger partial charge in [0.1, 0.15) is 0 Å². The number of allylic oxidation sites excluding steroid dienone is 1. The Morgan fingerprint density at radius 3 is 2.71 bits per heavy atom. The fourth-order valence-corrected chi connectivity index (χ4v) is 1.76. The Balaban J connectivity index is 1.98. The summed E-state index contributed by atoms with van der Waals surface area (Å²) >= 11 is 0. The van der Waals surface area contributed by atoms with Gasteiger partial charge in [0.05, 0.1) is 6.10 Å². The molecular formula is C15H23NO. The Morgan fingerprint density at radius 2 is 2.00 bits per heavy atom. The first-order valence-corrected chi connectivity index (χ1v) is 6.38. The first-order chi connectivity index (χ1) is 8.33. The summed E-state index contributed by atoms with van der Waals surface area (Å²) in [6.07, 6.45) is 6.81. The van der Waals surface area contributed by atoms with Gasteiger partial charge in [0, 0.05) is 6.54 Å². The Hall–Kier alpha value is -1.12. The number of rotatable bonds is 8. The van der Waals surface area contributed by atoms with Gasteiger partial charge >= 0.3 is 0 Å². The summed E-state index contributed by atoms with van der Waals surface area (Å²) in [5, 5.41) is 12.7. The Morgan fingerprint density at radius 1 is 1.24 bits per heavy atom. The number of hydrogen-bond donors (Lipinski definition) is 2. The van der Waals surface area contributed by atoms with Crippen LogP contribution in [0.2, 0.25) is 0 Å². The zero-order valence-electron chi connectivity index (χ0n) is 10.6. The van der Waals surface area contributed by atoms with Crippen LogP contribution in [0.25, 0.3) is 0 Å². The molecule has 0 aliphatic carbocycles. The van der Waals surface area contributed by atoms with E-state index in [1.165, 1.54) is 12.0 Å². The minimum absolute atomic E-state index is 0.353. The number of aryl methyl sites for hydroxylation is 1. The largest absolute Gasteiger partial charge is 0.388 e. The van der Waals surface area contributed by atoms with Crippen LogP contribution in [0.1, 0.15) is 25.3 Å². The van der Waals surface area contributed by atoms with Gasteiger partial charge in [-0.1, -0.05) is 42.5 Å². The number of benzene rings is 1. The molecule has 0 saturated carbocycles. The molecule has 0 radical (unpaired) electrons. The lowest BCUT2D eigenvalue weighted by Crippen LogP contribution is -2.26.